The summed E-state index contributed by atoms with van der Waals surface area (Å²) in [6.07, 6.45) is 2.62. The fraction of sp³-hybridized carbons (Fsp3) is 0.438. The highest BCUT2D eigenvalue weighted by atomic mass is 16.5. The molecule has 0 spiro atoms. The minimum absolute atomic E-state index is 0.00353. The van der Waals surface area contributed by atoms with E-state index in [1.165, 1.54) is 0 Å². The monoisotopic (exact) mass is 326 g/mol. The van der Waals surface area contributed by atoms with Crippen LogP contribution in [0.15, 0.2) is 22.7 Å². The van der Waals surface area contributed by atoms with E-state index in [2.05, 4.69) is 25.6 Å². The van der Waals surface area contributed by atoms with Crippen molar-refractivity contribution in [1.82, 2.24) is 30.5 Å². The second-order valence-electron chi connectivity index (χ2n) is 6.02. The Morgan fingerprint density at radius 2 is 2.25 bits per heavy atom. The molecule has 124 valence electrons. The molecule has 24 heavy (non-hydrogen) atoms. The van der Waals surface area contributed by atoms with Crippen molar-refractivity contribution in [1.29, 1.82) is 0 Å². The van der Waals surface area contributed by atoms with E-state index in [0.29, 0.717) is 29.3 Å². The van der Waals surface area contributed by atoms with Crippen LogP contribution in [0.25, 0.3) is 11.0 Å². The molecule has 0 unspecified atom stereocenters. The zero-order chi connectivity index (χ0) is 16.5. The molecular formula is C16H18N6O2. The summed E-state index contributed by atoms with van der Waals surface area (Å²) in [6, 6.07) is 5.37. The van der Waals surface area contributed by atoms with Gasteiger partial charge in [-0.15, -0.1) is 0 Å². The number of carbonyl (C=O) groups excluding carboxylic acids is 1. The van der Waals surface area contributed by atoms with Crippen molar-refractivity contribution in [2.75, 3.05) is 13.1 Å². The lowest BCUT2D eigenvalue weighted by atomic mass is 9.96. The second kappa shape index (κ2) is 6.03. The molecule has 1 atom stereocenters. The van der Waals surface area contributed by atoms with E-state index < -0.39 is 0 Å². The standard InChI is InChI=1S/C16H18N6O2/c1-2-14-17-15(20-24-14)11-4-3-7-22(9-11)16(23)10-5-6-12-13(8-10)19-21-18-12/h5-6,8,11H,2-4,7,9H2,1H3,(H,18,19,21)/t11-/m0/s1. The molecule has 8 nitrogen and oxygen atoms in total. The number of H-pyrrole nitrogens is 1. The first kappa shape index (κ1) is 14.8. The summed E-state index contributed by atoms with van der Waals surface area (Å²) in [5.41, 5.74) is 2.07. The SMILES string of the molecule is CCc1nc([C@H]2CCCN(C(=O)c3ccc4n[nH]nc4c3)C2)no1. The van der Waals surface area contributed by atoms with Crippen LogP contribution in [0.2, 0.25) is 0 Å². The van der Waals surface area contributed by atoms with Gasteiger partial charge < -0.3 is 9.42 Å². The minimum atomic E-state index is 0.00353. The first-order valence-electron chi connectivity index (χ1n) is 8.17. The summed E-state index contributed by atoms with van der Waals surface area (Å²) in [5.74, 6) is 1.48. The van der Waals surface area contributed by atoms with E-state index in [0.717, 1.165) is 31.3 Å². The fourth-order valence-corrected chi connectivity index (χ4v) is 3.11. The van der Waals surface area contributed by atoms with Crippen LogP contribution in [0.5, 0.6) is 0 Å². The van der Waals surface area contributed by atoms with Crippen LogP contribution in [-0.4, -0.2) is 49.4 Å². The van der Waals surface area contributed by atoms with Gasteiger partial charge in [-0.25, -0.2) is 0 Å². The Kier molecular flexibility index (Phi) is 3.72. The molecule has 1 amide bonds. The van der Waals surface area contributed by atoms with Crippen LogP contribution in [0.1, 0.15) is 47.8 Å². The average molecular weight is 326 g/mol. The third-order valence-corrected chi connectivity index (χ3v) is 4.42. The van der Waals surface area contributed by atoms with Crippen molar-refractivity contribution in [3.63, 3.8) is 0 Å². The number of piperidine rings is 1. The van der Waals surface area contributed by atoms with E-state index in [4.69, 9.17) is 4.52 Å². The van der Waals surface area contributed by atoms with Gasteiger partial charge in [-0.2, -0.15) is 20.4 Å². The molecule has 1 aliphatic heterocycles. The van der Waals surface area contributed by atoms with E-state index in [9.17, 15) is 4.79 Å². The number of aromatic nitrogens is 5. The van der Waals surface area contributed by atoms with E-state index in [1.807, 2.05) is 11.8 Å². The number of hydrogen-bond donors (Lipinski definition) is 1. The molecule has 0 saturated carbocycles. The first-order chi connectivity index (χ1) is 11.7. The van der Waals surface area contributed by atoms with Gasteiger partial charge in [-0.3, -0.25) is 4.79 Å². The molecule has 0 radical (unpaired) electrons. The molecule has 1 aromatic carbocycles. The number of likely N-dealkylation sites (tertiary alicyclic amines) is 1. The lowest BCUT2D eigenvalue weighted by Crippen LogP contribution is -2.39. The number of nitrogens with zero attached hydrogens (tertiary/aromatic N) is 5. The molecular weight excluding hydrogens is 308 g/mol. The Balaban J connectivity index is 1.53. The Morgan fingerprint density at radius 3 is 3.08 bits per heavy atom. The highest BCUT2D eigenvalue weighted by Gasteiger charge is 2.28. The quantitative estimate of drug-likeness (QED) is 0.789. The number of nitrogens with one attached hydrogen (secondary N) is 1. The molecule has 8 heteroatoms. The number of rotatable bonds is 3. The average Bonchev–Trinajstić information content (AvgIpc) is 3.29. The molecule has 0 aliphatic carbocycles. The third-order valence-electron chi connectivity index (χ3n) is 4.42. The van der Waals surface area contributed by atoms with Gasteiger partial charge in [0.15, 0.2) is 5.82 Å². The van der Waals surface area contributed by atoms with Gasteiger partial charge in [0.1, 0.15) is 11.0 Å². The van der Waals surface area contributed by atoms with Crippen LogP contribution in [0, 0.1) is 0 Å². The van der Waals surface area contributed by atoms with Gasteiger partial charge in [0.05, 0.1) is 0 Å². The predicted octanol–water partition coefficient (Wildman–Crippen LogP) is 1.92. The van der Waals surface area contributed by atoms with Gasteiger partial charge in [0.25, 0.3) is 5.91 Å². The van der Waals surface area contributed by atoms with Crippen molar-refractivity contribution < 1.29 is 9.32 Å². The molecule has 0 bridgehead atoms. The number of carbonyl (C=O) groups is 1. The summed E-state index contributed by atoms with van der Waals surface area (Å²) in [5, 5.41) is 14.7. The third kappa shape index (κ3) is 2.64. The van der Waals surface area contributed by atoms with Gasteiger partial charge in [-0.05, 0) is 31.0 Å². The summed E-state index contributed by atoms with van der Waals surface area (Å²) >= 11 is 0. The largest absolute Gasteiger partial charge is 0.339 e. The van der Waals surface area contributed by atoms with Crippen LogP contribution in [0.4, 0.5) is 0 Å². The van der Waals surface area contributed by atoms with E-state index in [-0.39, 0.29) is 11.8 Å². The maximum atomic E-state index is 12.8. The maximum absolute atomic E-state index is 12.8. The van der Waals surface area contributed by atoms with Crippen molar-refractivity contribution in [3.8, 4) is 0 Å². The highest BCUT2D eigenvalue weighted by molar-refractivity contribution is 5.97. The van der Waals surface area contributed by atoms with Crippen molar-refractivity contribution in [3.05, 3.63) is 35.5 Å². The van der Waals surface area contributed by atoms with Crippen molar-refractivity contribution in [2.45, 2.75) is 32.1 Å². The smallest absolute Gasteiger partial charge is 0.253 e. The van der Waals surface area contributed by atoms with Gasteiger partial charge in [0.2, 0.25) is 5.89 Å². The number of benzene rings is 1. The van der Waals surface area contributed by atoms with Gasteiger partial charge >= 0.3 is 0 Å². The Hall–Kier alpha value is -2.77. The van der Waals surface area contributed by atoms with Crippen LogP contribution < -0.4 is 0 Å². The number of aromatic amines is 1. The topological polar surface area (TPSA) is 101 Å². The number of aryl methyl sites for hydroxylation is 1. The summed E-state index contributed by atoms with van der Waals surface area (Å²) < 4.78 is 5.20. The summed E-state index contributed by atoms with van der Waals surface area (Å²) in [6.45, 7) is 3.33. The zero-order valence-corrected chi connectivity index (χ0v) is 13.4. The van der Waals surface area contributed by atoms with E-state index >= 15 is 0 Å². The van der Waals surface area contributed by atoms with Gasteiger partial charge in [-0.1, -0.05) is 12.1 Å². The zero-order valence-electron chi connectivity index (χ0n) is 13.4. The molecule has 2 aromatic heterocycles. The van der Waals surface area contributed by atoms with Crippen LogP contribution in [-0.2, 0) is 6.42 Å². The molecule has 3 aromatic rings. The van der Waals surface area contributed by atoms with Gasteiger partial charge in [0, 0.05) is 31.0 Å². The molecule has 4 rings (SSSR count). The summed E-state index contributed by atoms with van der Waals surface area (Å²) in [7, 11) is 0. The number of amides is 1. The number of hydrogen-bond acceptors (Lipinski definition) is 6. The highest BCUT2D eigenvalue weighted by Crippen LogP contribution is 2.26. The molecule has 1 N–H and O–H groups in total. The molecule has 1 aliphatic rings. The van der Waals surface area contributed by atoms with Crippen molar-refractivity contribution >= 4 is 16.9 Å². The second-order valence-corrected chi connectivity index (χ2v) is 6.02. The first-order valence-corrected chi connectivity index (χ1v) is 8.17. The predicted molar refractivity (Wildman–Crippen MR) is 85.4 cm³/mol. The van der Waals surface area contributed by atoms with Crippen molar-refractivity contribution in [2.24, 2.45) is 0 Å². The Morgan fingerprint density at radius 1 is 1.38 bits per heavy atom. The maximum Gasteiger partial charge on any atom is 0.253 e. The van der Waals surface area contributed by atoms with E-state index in [1.54, 1.807) is 18.2 Å². The molecule has 1 saturated heterocycles. The van der Waals surface area contributed by atoms with Crippen LogP contribution >= 0.6 is 0 Å². The minimum Gasteiger partial charge on any atom is -0.339 e. The lowest BCUT2D eigenvalue weighted by Gasteiger charge is -2.31. The fourth-order valence-electron chi connectivity index (χ4n) is 3.11. The molecule has 1 fully saturated rings. The molecule has 3 heterocycles. The summed E-state index contributed by atoms with van der Waals surface area (Å²) in [4.78, 5) is 19.1. The Labute approximate surface area is 138 Å². The Bertz CT molecular complexity index is 870. The normalized spacial score (nSPS) is 18.2. The number of fused-ring (bicyclic) bond motifs is 1. The lowest BCUT2D eigenvalue weighted by molar-refractivity contribution is 0.0703. The van der Waals surface area contributed by atoms with Crippen LogP contribution in [0.3, 0.4) is 0 Å².